The lowest BCUT2D eigenvalue weighted by molar-refractivity contribution is -0.120. The second kappa shape index (κ2) is 26.2. The molecular weight excluding hydrogens is 1110 g/mol. The number of likely N-dealkylation sites (tertiary alicyclic amines) is 1. The fraction of sp³-hybridized carbons (Fsp3) is 0.582. The zero-order chi connectivity index (χ0) is 63.7. The van der Waals surface area contributed by atoms with Gasteiger partial charge in [0.1, 0.15) is 36.7 Å². The number of nitrogens with one attached hydrogen (secondary N) is 1. The first kappa shape index (κ1) is 58.7. The zero-order valence-electron chi connectivity index (χ0n) is 54.8. The molecule has 3 aromatic carbocycles. The van der Waals surface area contributed by atoms with E-state index in [2.05, 4.69) is 75.0 Å². The van der Waals surface area contributed by atoms with E-state index in [1.807, 2.05) is 9.80 Å². The van der Waals surface area contributed by atoms with Gasteiger partial charge in [-0.3, -0.25) is 24.8 Å². The van der Waals surface area contributed by atoms with Crippen LogP contribution in [0.1, 0.15) is 139 Å². The van der Waals surface area contributed by atoms with E-state index in [-0.39, 0.29) is 84.2 Å². The zero-order valence-corrected chi connectivity index (χ0v) is 52.8. The number of pyridine rings is 1. The third-order valence-electron chi connectivity index (χ3n) is 19.4. The van der Waals surface area contributed by atoms with Crippen LogP contribution in [0, 0.1) is 47.2 Å². The number of methoxy groups -OCH3 is 1. The van der Waals surface area contributed by atoms with E-state index < -0.39 is 44.1 Å². The van der Waals surface area contributed by atoms with Crippen molar-refractivity contribution < 1.29 is 46.6 Å². The number of carbonyl (C=O) groups is 3. The summed E-state index contributed by atoms with van der Waals surface area (Å²) in [6, 6.07) is 10.2. The molecule has 10 rings (SSSR count). The van der Waals surface area contributed by atoms with Gasteiger partial charge in [-0.15, -0.1) is 5.54 Å². The van der Waals surface area contributed by atoms with E-state index in [1.165, 1.54) is 36.3 Å². The smallest absolute Gasteiger partial charge is 0.328 e. The molecule has 0 unspecified atom stereocenters. The van der Waals surface area contributed by atoms with Gasteiger partial charge in [-0.05, 0) is 134 Å². The van der Waals surface area contributed by atoms with Gasteiger partial charge in [-0.1, -0.05) is 66.5 Å². The molecule has 2 atom stereocenters. The molecule has 1 aliphatic carbocycles. The number of piperidine rings is 2. The summed E-state index contributed by atoms with van der Waals surface area (Å²) in [6.07, 6.45) is 9.23. The summed E-state index contributed by atoms with van der Waals surface area (Å²) in [7, 11) is -0.823. The summed E-state index contributed by atoms with van der Waals surface area (Å²) in [5.41, 5.74) is 4.57. The molecular formula is C67H89F2N9O7Si. The summed E-state index contributed by atoms with van der Waals surface area (Å²) >= 11 is 0. The van der Waals surface area contributed by atoms with Crippen molar-refractivity contribution in [2.45, 2.75) is 142 Å². The normalized spacial score (nSPS) is 21.2. The van der Waals surface area contributed by atoms with E-state index in [4.69, 9.17) is 33.3 Å². The number of rotatable bonds is 17. The van der Waals surface area contributed by atoms with Gasteiger partial charge in [0.25, 0.3) is 5.91 Å². The third kappa shape index (κ3) is 13.4. The van der Waals surface area contributed by atoms with Crippen LogP contribution in [-0.4, -0.2) is 159 Å². The van der Waals surface area contributed by atoms with Crippen LogP contribution in [0.5, 0.6) is 11.8 Å². The Morgan fingerprint density at radius 2 is 1.60 bits per heavy atom. The molecule has 5 aromatic rings. The number of aliphatic hydroxyl groups is 1. The molecule has 4 aliphatic heterocycles. The molecule has 19 heteroatoms. The van der Waals surface area contributed by atoms with Crippen LogP contribution in [0.25, 0.3) is 32.9 Å². The van der Waals surface area contributed by atoms with E-state index in [1.54, 1.807) is 31.3 Å². The Kier molecular flexibility index (Phi) is 17.9. The van der Waals surface area contributed by atoms with Gasteiger partial charge in [-0.2, -0.15) is 9.97 Å². The predicted molar refractivity (Wildman–Crippen MR) is 336 cm³/mol. The molecule has 2 aromatic heterocycles. The van der Waals surface area contributed by atoms with Gasteiger partial charge < -0.3 is 38.9 Å². The van der Waals surface area contributed by atoms with E-state index in [0.29, 0.717) is 93.9 Å². The third-order valence-corrected chi connectivity index (χ3v) is 25.7. The van der Waals surface area contributed by atoms with E-state index in [9.17, 15) is 19.5 Å². The van der Waals surface area contributed by atoms with E-state index in [0.717, 1.165) is 77.8 Å². The second-order valence-electron chi connectivity index (χ2n) is 26.5. The SMILES string of the molecule is [2H]C([2H])([2H])c1ccc(C(=O)N2CCC3(CCC(CN4CCN(C[C@@H](C)COc5nc(N6CCC[C@@](C)(O)C6)c6cnc(-c7cc(OCOC)cc8ccc(F)c(C#C[Si](C(C)C)(C(C)C)C(C)C)c78)c(F)c6n5)CC4)CC3)CC2)cc1N1CCC(=O)NC1=O. The fourth-order valence-electron chi connectivity index (χ4n) is 14.7. The molecule has 4 saturated heterocycles. The summed E-state index contributed by atoms with van der Waals surface area (Å²) < 4.78 is 76.3. The summed E-state index contributed by atoms with van der Waals surface area (Å²) in [5.74, 6) is 2.96. The van der Waals surface area contributed by atoms with Crippen molar-refractivity contribution in [2.24, 2.45) is 17.3 Å². The van der Waals surface area contributed by atoms with Crippen LogP contribution in [0.3, 0.4) is 0 Å². The number of imide groups is 1. The molecule has 1 spiro atoms. The Labute approximate surface area is 511 Å². The number of hydrogen-bond acceptors (Lipinski definition) is 13. The van der Waals surface area contributed by atoms with Crippen LogP contribution in [0.15, 0.2) is 48.7 Å². The monoisotopic (exact) mass is 1200 g/mol. The highest BCUT2D eigenvalue weighted by Gasteiger charge is 2.43. The van der Waals surface area contributed by atoms with Crippen LogP contribution in [-0.2, 0) is 9.53 Å². The molecule has 5 fully saturated rings. The number of amides is 4. The Bertz CT molecular complexity index is 3480. The molecule has 0 bridgehead atoms. The molecule has 6 heterocycles. The number of carbonyl (C=O) groups excluding carboxylic acids is 3. The van der Waals surface area contributed by atoms with Crippen molar-refractivity contribution >= 4 is 59.1 Å². The first-order valence-corrected chi connectivity index (χ1v) is 33.4. The van der Waals surface area contributed by atoms with Gasteiger partial charge in [0, 0.05) is 124 Å². The summed E-state index contributed by atoms with van der Waals surface area (Å²) in [6.45, 7) is 22.6. The molecule has 16 nitrogen and oxygen atoms in total. The van der Waals surface area contributed by atoms with Crippen molar-refractivity contribution in [3.05, 3.63) is 77.0 Å². The minimum atomic E-state index is -2.52. The number of ether oxygens (including phenoxy) is 3. The molecule has 2 N–H and O–H groups in total. The number of aromatic nitrogens is 3. The van der Waals surface area contributed by atoms with Crippen LogP contribution in [0.4, 0.5) is 25.1 Å². The van der Waals surface area contributed by atoms with Crippen molar-refractivity contribution in [1.29, 1.82) is 0 Å². The average molecular weight is 1200 g/mol. The number of fused-ring (bicyclic) bond motifs is 2. The Hall–Kier alpha value is -6.30. The number of aryl methyl sites for hydroxylation is 1. The minimum Gasteiger partial charge on any atom is -0.468 e. The Morgan fingerprint density at radius 1 is 0.884 bits per heavy atom. The average Bonchev–Trinajstić information content (AvgIpc) is 0.934. The van der Waals surface area contributed by atoms with Crippen molar-refractivity contribution in [1.82, 2.24) is 35.0 Å². The lowest BCUT2D eigenvalue weighted by Gasteiger charge is -2.47. The summed E-state index contributed by atoms with van der Waals surface area (Å²) in [5, 5.41) is 14.9. The van der Waals surface area contributed by atoms with Crippen LogP contribution >= 0.6 is 0 Å². The quantitative estimate of drug-likeness (QED) is 0.0514. The first-order valence-electron chi connectivity index (χ1n) is 32.7. The van der Waals surface area contributed by atoms with Gasteiger partial charge in [0.15, 0.2) is 12.6 Å². The largest absolute Gasteiger partial charge is 0.468 e. The fourth-order valence-corrected chi connectivity index (χ4v) is 19.9. The van der Waals surface area contributed by atoms with Gasteiger partial charge in [0.05, 0.1) is 23.2 Å². The van der Waals surface area contributed by atoms with Gasteiger partial charge in [-0.25, -0.2) is 13.6 Å². The Morgan fingerprint density at radius 3 is 2.28 bits per heavy atom. The molecule has 4 amide bonds. The number of hydrogen-bond donors (Lipinski definition) is 2. The van der Waals surface area contributed by atoms with Crippen molar-refractivity contribution in [3.8, 4) is 34.5 Å². The van der Waals surface area contributed by atoms with Crippen molar-refractivity contribution in [3.63, 3.8) is 0 Å². The lowest BCUT2D eigenvalue weighted by atomic mass is 9.65. The number of anilines is 2. The number of nitrogens with zero attached hydrogens (tertiary/aromatic N) is 8. The maximum absolute atomic E-state index is 17.9. The Balaban J connectivity index is 0.787. The van der Waals surface area contributed by atoms with Crippen LogP contribution in [0.2, 0.25) is 16.6 Å². The lowest BCUT2D eigenvalue weighted by Crippen LogP contribution is -2.50. The highest BCUT2D eigenvalue weighted by molar-refractivity contribution is 6.90. The number of urea groups is 1. The second-order valence-corrected chi connectivity index (χ2v) is 32.0. The number of β-amino-alcohol motifs (C(OH)–C–C–N with tert-alkyl or cyclic N) is 1. The van der Waals surface area contributed by atoms with E-state index >= 15 is 8.78 Å². The maximum Gasteiger partial charge on any atom is 0.328 e. The number of benzene rings is 3. The number of piperazine rings is 1. The van der Waals surface area contributed by atoms with Gasteiger partial charge >= 0.3 is 12.0 Å². The molecule has 462 valence electrons. The summed E-state index contributed by atoms with van der Waals surface area (Å²) in [4.78, 5) is 63.1. The maximum atomic E-state index is 17.9. The first-order chi connectivity index (χ1) is 42.3. The topological polar surface area (TPSA) is 166 Å². The standard InChI is InChI=1S/C67H89F2N9O7Si/c1-43(2)86(44(3)4,45(5)6)33-19-52-55(68)15-14-49-34-51(85-42-83-10)36-53(58(49)52)60-59(69)61-54(37-70-60)62(77-25-11-20-66(9,82)41-77)73-64(72-61)84-40-46(7)38-74-29-31-75(32-30-74)39-48-16-21-67(22-17-48)23-27-76(28-24-67)63(80)50-13-12-47(8)56(35-50)78-26-18-57(79)71-65(78)81/h12-15,34-37,43-46,48,82H,11,16-18,20-32,38-42H2,1-10H3,(H,71,79,81)/t46-,66-/m1/s1/i8D3. The van der Waals surface area contributed by atoms with Gasteiger partial charge in [0.2, 0.25) is 5.91 Å². The molecule has 0 radical (unpaired) electrons. The van der Waals surface area contributed by atoms with Crippen molar-refractivity contribution in [2.75, 3.05) is 102 Å². The highest BCUT2D eigenvalue weighted by Crippen LogP contribution is 2.48. The number of halogens is 2. The molecule has 86 heavy (non-hydrogen) atoms. The molecule has 1 saturated carbocycles. The molecule has 5 aliphatic rings. The van der Waals surface area contributed by atoms with Crippen LogP contribution < -0.4 is 24.6 Å². The minimum absolute atomic E-state index is 0.0106. The predicted octanol–water partition coefficient (Wildman–Crippen LogP) is 11.5. The highest BCUT2D eigenvalue weighted by atomic mass is 28.3.